The molecule has 0 heterocycles. The second-order valence-corrected chi connectivity index (χ2v) is 5.92. The van der Waals surface area contributed by atoms with Crippen LogP contribution in [0.2, 0.25) is 0 Å². The maximum absolute atomic E-state index is 12.3. The van der Waals surface area contributed by atoms with E-state index in [-0.39, 0.29) is 6.61 Å². The molecule has 0 saturated carbocycles. The molecule has 0 unspecified atom stereocenters. The van der Waals surface area contributed by atoms with Crippen LogP contribution in [0, 0.1) is 0 Å². The lowest BCUT2D eigenvalue weighted by Gasteiger charge is -2.32. The number of aliphatic hydroxyl groups is 1. The number of benzene rings is 2. The Morgan fingerprint density at radius 1 is 1.09 bits per heavy atom. The Bertz CT molecular complexity index is 715. The maximum atomic E-state index is 12.3. The third-order valence-corrected chi connectivity index (χ3v) is 4.32. The van der Waals surface area contributed by atoms with Gasteiger partial charge in [0.25, 0.3) is 0 Å². The van der Waals surface area contributed by atoms with Crippen LogP contribution >= 0.6 is 0 Å². The SMILES string of the molecule is C=C(C)C(=O)OC1(CCCO)c2ccccc2-c2ccccc21. The molecule has 1 N–H and O–H groups in total. The molecular weight excluding hydrogens is 288 g/mol. The summed E-state index contributed by atoms with van der Waals surface area (Å²) < 4.78 is 5.97. The molecule has 0 fully saturated rings. The zero-order valence-electron chi connectivity index (χ0n) is 13.2. The molecule has 2 aromatic rings. The number of carbonyl (C=O) groups excluding carboxylic acids is 1. The molecule has 0 spiro atoms. The van der Waals surface area contributed by atoms with Gasteiger partial charge in [0.15, 0.2) is 5.60 Å². The third kappa shape index (κ3) is 2.47. The van der Waals surface area contributed by atoms with Gasteiger partial charge in [0.2, 0.25) is 0 Å². The lowest BCUT2D eigenvalue weighted by Crippen LogP contribution is -2.32. The summed E-state index contributed by atoms with van der Waals surface area (Å²) in [5, 5.41) is 9.32. The van der Waals surface area contributed by atoms with Gasteiger partial charge in [-0.25, -0.2) is 4.79 Å². The molecule has 0 atom stereocenters. The van der Waals surface area contributed by atoms with Gasteiger partial charge in [-0.05, 0) is 30.9 Å². The molecule has 2 aromatic carbocycles. The molecule has 1 aliphatic carbocycles. The first-order valence-corrected chi connectivity index (χ1v) is 7.79. The van der Waals surface area contributed by atoms with Gasteiger partial charge in [-0.2, -0.15) is 0 Å². The smallest absolute Gasteiger partial charge is 0.334 e. The van der Waals surface area contributed by atoms with Gasteiger partial charge in [0.1, 0.15) is 0 Å². The van der Waals surface area contributed by atoms with E-state index in [9.17, 15) is 9.90 Å². The molecule has 0 aliphatic heterocycles. The van der Waals surface area contributed by atoms with E-state index >= 15 is 0 Å². The first kappa shape index (κ1) is 15.5. The normalized spacial score (nSPS) is 14.0. The van der Waals surface area contributed by atoms with E-state index in [2.05, 4.69) is 6.58 Å². The van der Waals surface area contributed by atoms with Crippen molar-refractivity contribution in [2.75, 3.05) is 6.61 Å². The fraction of sp³-hybridized carbons (Fsp3) is 0.250. The minimum atomic E-state index is -0.855. The highest BCUT2D eigenvalue weighted by atomic mass is 16.6. The minimum Gasteiger partial charge on any atom is -0.446 e. The Morgan fingerprint density at radius 2 is 1.61 bits per heavy atom. The molecule has 0 bridgehead atoms. The number of rotatable bonds is 5. The van der Waals surface area contributed by atoms with Crippen molar-refractivity contribution in [1.29, 1.82) is 0 Å². The van der Waals surface area contributed by atoms with E-state index < -0.39 is 11.6 Å². The van der Waals surface area contributed by atoms with Crippen molar-refractivity contribution in [3.05, 3.63) is 71.8 Å². The van der Waals surface area contributed by atoms with Crippen molar-refractivity contribution in [2.45, 2.75) is 25.4 Å². The first-order valence-electron chi connectivity index (χ1n) is 7.79. The molecule has 118 valence electrons. The van der Waals surface area contributed by atoms with Gasteiger partial charge < -0.3 is 9.84 Å². The van der Waals surface area contributed by atoms with Crippen molar-refractivity contribution in [1.82, 2.24) is 0 Å². The fourth-order valence-corrected chi connectivity index (χ4v) is 3.29. The first-order chi connectivity index (χ1) is 11.1. The Morgan fingerprint density at radius 3 is 2.09 bits per heavy atom. The second kappa shape index (κ2) is 6.01. The quantitative estimate of drug-likeness (QED) is 0.675. The van der Waals surface area contributed by atoms with Crippen molar-refractivity contribution in [3.63, 3.8) is 0 Å². The summed E-state index contributed by atoms with van der Waals surface area (Å²) in [4.78, 5) is 12.3. The van der Waals surface area contributed by atoms with Crippen LogP contribution in [0.25, 0.3) is 11.1 Å². The summed E-state index contributed by atoms with van der Waals surface area (Å²) in [6.07, 6.45) is 1.09. The van der Waals surface area contributed by atoms with Crippen molar-refractivity contribution >= 4 is 5.97 Å². The number of esters is 1. The molecule has 0 saturated heterocycles. The minimum absolute atomic E-state index is 0.0523. The number of carbonyl (C=O) groups is 1. The summed E-state index contributed by atoms with van der Waals surface area (Å²) in [5.41, 5.74) is 3.63. The predicted molar refractivity (Wildman–Crippen MR) is 89.9 cm³/mol. The molecule has 0 amide bonds. The van der Waals surface area contributed by atoms with Gasteiger partial charge in [-0.3, -0.25) is 0 Å². The van der Waals surface area contributed by atoms with E-state index in [1.807, 2.05) is 48.5 Å². The largest absolute Gasteiger partial charge is 0.446 e. The van der Waals surface area contributed by atoms with Crippen LogP contribution in [-0.2, 0) is 15.1 Å². The van der Waals surface area contributed by atoms with Gasteiger partial charge in [-0.1, -0.05) is 55.1 Å². The average molecular weight is 308 g/mol. The lowest BCUT2D eigenvalue weighted by atomic mass is 9.86. The Hall–Kier alpha value is -2.39. The third-order valence-electron chi connectivity index (χ3n) is 4.32. The van der Waals surface area contributed by atoms with Gasteiger partial charge in [0.05, 0.1) is 0 Å². The standard InChI is InChI=1S/C20H20O3/c1-14(2)19(22)23-20(12-7-13-21)17-10-5-3-8-15(17)16-9-4-6-11-18(16)20/h3-6,8-11,21H,1,7,12-13H2,2H3. The summed E-state index contributed by atoms with van der Waals surface area (Å²) in [6.45, 7) is 5.40. The molecule has 1 aliphatic rings. The number of aliphatic hydroxyl groups excluding tert-OH is 1. The van der Waals surface area contributed by atoms with Gasteiger partial charge >= 0.3 is 5.97 Å². The fourth-order valence-electron chi connectivity index (χ4n) is 3.29. The van der Waals surface area contributed by atoms with E-state index in [0.29, 0.717) is 18.4 Å². The zero-order chi connectivity index (χ0) is 16.4. The Balaban J connectivity index is 2.21. The van der Waals surface area contributed by atoms with Crippen LogP contribution in [0.3, 0.4) is 0 Å². The van der Waals surface area contributed by atoms with E-state index in [4.69, 9.17) is 4.74 Å². The van der Waals surface area contributed by atoms with Crippen LogP contribution in [0.1, 0.15) is 30.9 Å². The van der Waals surface area contributed by atoms with E-state index in [1.165, 1.54) is 0 Å². The van der Waals surface area contributed by atoms with Crippen LogP contribution in [0.5, 0.6) is 0 Å². The number of hydrogen-bond acceptors (Lipinski definition) is 3. The summed E-state index contributed by atoms with van der Waals surface area (Å²) in [5.74, 6) is -0.408. The summed E-state index contributed by atoms with van der Waals surface area (Å²) in [6, 6.07) is 16.0. The average Bonchev–Trinajstić information content (AvgIpc) is 2.84. The van der Waals surface area contributed by atoms with Gasteiger partial charge in [-0.15, -0.1) is 0 Å². The Kier molecular flexibility index (Phi) is 4.05. The highest BCUT2D eigenvalue weighted by Gasteiger charge is 2.45. The molecule has 0 radical (unpaired) electrons. The van der Waals surface area contributed by atoms with Crippen molar-refractivity contribution in [2.24, 2.45) is 0 Å². The molecule has 3 nitrogen and oxygen atoms in total. The van der Waals surface area contributed by atoms with Crippen LogP contribution in [-0.4, -0.2) is 17.7 Å². The van der Waals surface area contributed by atoms with Gasteiger partial charge in [0, 0.05) is 23.3 Å². The molecular formula is C20H20O3. The highest BCUT2D eigenvalue weighted by molar-refractivity contribution is 5.89. The molecule has 23 heavy (non-hydrogen) atoms. The molecule has 3 rings (SSSR count). The monoisotopic (exact) mass is 308 g/mol. The number of fused-ring (bicyclic) bond motifs is 3. The maximum Gasteiger partial charge on any atom is 0.334 e. The molecule has 3 heteroatoms. The summed E-state index contributed by atoms with van der Waals surface area (Å²) in [7, 11) is 0. The number of ether oxygens (including phenoxy) is 1. The van der Waals surface area contributed by atoms with Crippen LogP contribution in [0.15, 0.2) is 60.7 Å². The summed E-state index contributed by atoms with van der Waals surface area (Å²) >= 11 is 0. The number of hydrogen-bond donors (Lipinski definition) is 1. The highest BCUT2D eigenvalue weighted by Crippen LogP contribution is 2.52. The van der Waals surface area contributed by atoms with E-state index in [1.54, 1.807) is 6.92 Å². The topological polar surface area (TPSA) is 46.5 Å². The van der Waals surface area contributed by atoms with Crippen LogP contribution in [0.4, 0.5) is 0 Å². The molecule has 0 aromatic heterocycles. The second-order valence-electron chi connectivity index (χ2n) is 5.92. The van der Waals surface area contributed by atoms with E-state index in [0.717, 1.165) is 22.3 Å². The van der Waals surface area contributed by atoms with Crippen molar-refractivity contribution in [3.8, 4) is 11.1 Å². The van der Waals surface area contributed by atoms with Crippen LogP contribution < -0.4 is 0 Å². The Labute approximate surface area is 136 Å². The lowest BCUT2D eigenvalue weighted by molar-refractivity contribution is -0.152. The predicted octanol–water partition coefficient (Wildman–Crippen LogP) is 3.80. The zero-order valence-corrected chi connectivity index (χ0v) is 13.2. The van der Waals surface area contributed by atoms with Crippen molar-refractivity contribution < 1.29 is 14.6 Å².